The van der Waals surface area contributed by atoms with Crippen LogP contribution in [0.25, 0.3) is 0 Å². The maximum Gasteiger partial charge on any atom is 0.249 e. The fourth-order valence-corrected chi connectivity index (χ4v) is 3.40. The second-order valence-electron chi connectivity index (χ2n) is 7.32. The van der Waals surface area contributed by atoms with Crippen LogP contribution in [-0.2, 0) is 34.0 Å². The summed E-state index contributed by atoms with van der Waals surface area (Å²) in [4.78, 5) is 26.6. The van der Waals surface area contributed by atoms with Crippen LogP contribution in [0.4, 0.5) is 0 Å². The number of rotatable bonds is 7. The number of nitrogens with one attached hydrogen (secondary N) is 1. The van der Waals surface area contributed by atoms with E-state index >= 15 is 0 Å². The lowest BCUT2D eigenvalue weighted by Gasteiger charge is -2.30. The maximum absolute atomic E-state index is 12.6. The molecule has 1 aromatic rings. The molecule has 1 aromatic heterocycles. The predicted octanol–water partition coefficient (Wildman–Crippen LogP) is 1.85. The summed E-state index contributed by atoms with van der Waals surface area (Å²) in [5, 5.41) is 7.48. The van der Waals surface area contributed by atoms with Gasteiger partial charge in [0.1, 0.15) is 6.10 Å². The molecule has 2 aliphatic rings. The van der Waals surface area contributed by atoms with Gasteiger partial charge in [-0.15, -0.1) is 0 Å². The lowest BCUT2D eigenvalue weighted by atomic mass is 9.84. The molecule has 2 heterocycles. The van der Waals surface area contributed by atoms with Crippen molar-refractivity contribution in [3.63, 3.8) is 0 Å². The van der Waals surface area contributed by atoms with Crippen LogP contribution >= 0.6 is 0 Å². The van der Waals surface area contributed by atoms with E-state index in [2.05, 4.69) is 10.4 Å². The van der Waals surface area contributed by atoms with Gasteiger partial charge in [0.2, 0.25) is 11.8 Å². The van der Waals surface area contributed by atoms with E-state index in [4.69, 9.17) is 4.74 Å². The predicted molar refractivity (Wildman–Crippen MR) is 97.2 cm³/mol. The van der Waals surface area contributed by atoms with Crippen LogP contribution in [0, 0.1) is 5.92 Å². The molecule has 0 aromatic carbocycles. The third kappa shape index (κ3) is 4.44. The van der Waals surface area contributed by atoms with Gasteiger partial charge in [-0.1, -0.05) is 13.3 Å². The SMILES string of the molecule is CCCOC(C)C(=O)NCc1cc2n(n1)CCCN(C(=O)C1CCC1)C2. The summed E-state index contributed by atoms with van der Waals surface area (Å²) in [6.45, 7) is 6.98. The molecule has 1 atom stereocenters. The first-order valence-electron chi connectivity index (χ1n) is 9.82. The van der Waals surface area contributed by atoms with Gasteiger partial charge in [0, 0.05) is 25.6 Å². The molecule has 1 saturated carbocycles. The van der Waals surface area contributed by atoms with Crippen molar-refractivity contribution >= 4 is 11.8 Å². The molecule has 7 heteroatoms. The van der Waals surface area contributed by atoms with E-state index in [0.717, 1.165) is 50.2 Å². The molecule has 1 unspecified atom stereocenters. The molecule has 0 saturated heterocycles. The molecule has 144 valence electrons. The zero-order valence-corrected chi connectivity index (χ0v) is 15.9. The lowest BCUT2D eigenvalue weighted by Crippen LogP contribution is -2.38. The molecule has 1 aliphatic heterocycles. The number of ether oxygens (including phenoxy) is 1. The van der Waals surface area contributed by atoms with Crippen molar-refractivity contribution in [2.24, 2.45) is 5.92 Å². The van der Waals surface area contributed by atoms with Crippen LogP contribution in [0.2, 0.25) is 0 Å². The first-order chi connectivity index (χ1) is 12.6. The number of carbonyl (C=O) groups excluding carboxylic acids is 2. The Labute approximate surface area is 155 Å². The average Bonchev–Trinajstić information content (AvgIpc) is 2.86. The van der Waals surface area contributed by atoms with Crippen molar-refractivity contribution in [3.05, 3.63) is 17.5 Å². The number of hydrogen-bond acceptors (Lipinski definition) is 4. The molecule has 26 heavy (non-hydrogen) atoms. The van der Waals surface area contributed by atoms with Gasteiger partial charge in [-0.2, -0.15) is 5.10 Å². The van der Waals surface area contributed by atoms with E-state index in [1.165, 1.54) is 6.42 Å². The van der Waals surface area contributed by atoms with Gasteiger partial charge in [0.25, 0.3) is 0 Å². The lowest BCUT2D eigenvalue weighted by molar-refractivity contribution is -0.138. The molecule has 7 nitrogen and oxygen atoms in total. The maximum atomic E-state index is 12.6. The van der Waals surface area contributed by atoms with Crippen LogP contribution in [0.3, 0.4) is 0 Å². The van der Waals surface area contributed by atoms with E-state index in [9.17, 15) is 9.59 Å². The van der Waals surface area contributed by atoms with E-state index < -0.39 is 6.10 Å². The van der Waals surface area contributed by atoms with Gasteiger partial charge >= 0.3 is 0 Å². The highest BCUT2D eigenvalue weighted by Gasteiger charge is 2.30. The largest absolute Gasteiger partial charge is 0.369 e. The van der Waals surface area contributed by atoms with Gasteiger partial charge in [0.15, 0.2) is 0 Å². The number of aryl methyl sites for hydroxylation is 1. The van der Waals surface area contributed by atoms with Crippen LogP contribution < -0.4 is 5.32 Å². The van der Waals surface area contributed by atoms with Crippen LogP contribution in [0.1, 0.15) is 57.3 Å². The topological polar surface area (TPSA) is 76.5 Å². The molecule has 3 rings (SSSR count). The normalized spacial score (nSPS) is 18.6. The number of hydrogen-bond donors (Lipinski definition) is 1. The highest BCUT2D eigenvalue weighted by atomic mass is 16.5. The molecule has 0 bridgehead atoms. The fourth-order valence-electron chi connectivity index (χ4n) is 3.40. The van der Waals surface area contributed by atoms with Gasteiger partial charge in [-0.3, -0.25) is 14.3 Å². The summed E-state index contributed by atoms with van der Waals surface area (Å²) in [7, 11) is 0. The Bertz CT molecular complexity index is 639. The summed E-state index contributed by atoms with van der Waals surface area (Å²) >= 11 is 0. The Morgan fingerprint density at radius 3 is 2.85 bits per heavy atom. The number of amides is 2. The Morgan fingerprint density at radius 1 is 1.35 bits per heavy atom. The minimum atomic E-state index is -0.453. The zero-order valence-electron chi connectivity index (χ0n) is 15.9. The Balaban J connectivity index is 1.55. The molecule has 1 fully saturated rings. The van der Waals surface area contributed by atoms with Crippen molar-refractivity contribution < 1.29 is 14.3 Å². The van der Waals surface area contributed by atoms with Crippen molar-refractivity contribution in [2.45, 2.75) is 71.7 Å². The van der Waals surface area contributed by atoms with Crippen molar-refractivity contribution in [3.8, 4) is 0 Å². The Kier molecular flexibility index (Phi) is 6.29. The van der Waals surface area contributed by atoms with Gasteiger partial charge in [0.05, 0.1) is 24.5 Å². The Hall–Kier alpha value is -1.89. The number of carbonyl (C=O) groups is 2. The summed E-state index contributed by atoms with van der Waals surface area (Å²) in [6, 6.07) is 2.00. The minimum Gasteiger partial charge on any atom is -0.369 e. The second kappa shape index (κ2) is 8.66. The molecule has 0 radical (unpaired) electrons. The molecule has 0 spiro atoms. The average molecular weight is 362 g/mol. The highest BCUT2D eigenvalue weighted by Crippen LogP contribution is 2.29. The van der Waals surface area contributed by atoms with E-state index in [1.54, 1.807) is 6.92 Å². The van der Waals surface area contributed by atoms with Crippen LogP contribution in [0.5, 0.6) is 0 Å². The van der Waals surface area contributed by atoms with E-state index in [-0.39, 0.29) is 11.8 Å². The van der Waals surface area contributed by atoms with Crippen molar-refractivity contribution in [2.75, 3.05) is 13.2 Å². The summed E-state index contributed by atoms with van der Waals surface area (Å²) in [5.41, 5.74) is 1.88. The van der Waals surface area contributed by atoms with Gasteiger partial charge in [-0.25, -0.2) is 0 Å². The minimum absolute atomic E-state index is 0.122. The number of fused-ring (bicyclic) bond motifs is 1. The highest BCUT2D eigenvalue weighted by molar-refractivity contribution is 5.80. The third-order valence-electron chi connectivity index (χ3n) is 5.22. The third-order valence-corrected chi connectivity index (χ3v) is 5.22. The fraction of sp³-hybridized carbons (Fsp3) is 0.737. The molecular formula is C19H30N4O3. The standard InChI is InChI=1S/C19H30N4O3/c1-3-10-26-14(2)18(24)20-12-16-11-17-13-22(8-5-9-23(17)21-16)19(25)15-6-4-7-15/h11,14-15H,3-10,12-13H2,1-2H3,(H,20,24). The van der Waals surface area contributed by atoms with Crippen molar-refractivity contribution in [1.29, 1.82) is 0 Å². The van der Waals surface area contributed by atoms with Gasteiger partial charge in [-0.05, 0) is 38.7 Å². The number of nitrogens with zero attached hydrogens (tertiary/aromatic N) is 3. The number of aromatic nitrogens is 2. The molecule has 2 amide bonds. The first-order valence-corrected chi connectivity index (χ1v) is 9.82. The van der Waals surface area contributed by atoms with E-state index in [0.29, 0.717) is 25.6 Å². The molecular weight excluding hydrogens is 332 g/mol. The molecule has 1 aliphatic carbocycles. The summed E-state index contributed by atoms with van der Waals surface area (Å²) < 4.78 is 7.41. The van der Waals surface area contributed by atoms with Crippen LogP contribution in [-0.4, -0.2) is 45.8 Å². The summed E-state index contributed by atoms with van der Waals surface area (Å²) in [5.74, 6) is 0.402. The van der Waals surface area contributed by atoms with Gasteiger partial charge < -0.3 is 15.0 Å². The monoisotopic (exact) mass is 362 g/mol. The second-order valence-corrected chi connectivity index (χ2v) is 7.32. The zero-order chi connectivity index (χ0) is 18.5. The quantitative estimate of drug-likeness (QED) is 0.803. The smallest absolute Gasteiger partial charge is 0.249 e. The summed E-state index contributed by atoms with van der Waals surface area (Å²) in [6.07, 6.45) is 4.59. The molecule has 1 N–H and O–H groups in total. The van der Waals surface area contributed by atoms with E-state index in [1.807, 2.05) is 22.6 Å². The first kappa shape index (κ1) is 18.9. The van der Waals surface area contributed by atoms with Crippen molar-refractivity contribution in [1.82, 2.24) is 20.0 Å². The van der Waals surface area contributed by atoms with Crippen LogP contribution in [0.15, 0.2) is 6.07 Å². The Morgan fingerprint density at radius 2 is 2.15 bits per heavy atom.